The van der Waals surface area contributed by atoms with Crippen LogP contribution in [0, 0.1) is 0 Å². The lowest BCUT2D eigenvalue weighted by atomic mass is 10.1. The average Bonchev–Trinajstić information content (AvgIpc) is 3.06. The molecule has 1 aliphatic rings. The molecule has 3 rings (SSSR count). The highest BCUT2D eigenvalue weighted by Gasteiger charge is 2.33. The monoisotopic (exact) mass is 396 g/mol. The van der Waals surface area contributed by atoms with Gasteiger partial charge in [0.15, 0.2) is 11.5 Å². The summed E-state index contributed by atoms with van der Waals surface area (Å²) >= 11 is 0. The molecule has 0 aromatic heterocycles. The van der Waals surface area contributed by atoms with Gasteiger partial charge in [-0.15, -0.1) is 0 Å². The Kier molecular flexibility index (Phi) is 6.75. The number of benzene rings is 2. The van der Waals surface area contributed by atoms with Crippen LogP contribution in [0.5, 0.6) is 11.5 Å². The smallest absolute Gasteiger partial charge is 0.255 e. The quantitative estimate of drug-likeness (QED) is 0.707. The second-order valence-electron chi connectivity index (χ2n) is 6.95. The minimum atomic E-state index is -0.519. The first-order chi connectivity index (χ1) is 14.0. The zero-order valence-corrected chi connectivity index (χ0v) is 17.2. The molecule has 6 heteroatoms. The predicted octanol–water partition coefficient (Wildman–Crippen LogP) is 3.19. The number of rotatable bonds is 9. The highest BCUT2D eigenvalue weighted by Crippen LogP contribution is 2.28. The first kappa shape index (κ1) is 20.7. The van der Waals surface area contributed by atoms with E-state index < -0.39 is 6.04 Å². The molecule has 29 heavy (non-hydrogen) atoms. The molecule has 0 fully saturated rings. The molecule has 0 saturated carbocycles. The van der Waals surface area contributed by atoms with Gasteiger partial charge in [0, 0.05) is 18.7 Å². The summed E-state index contributed by atoms with van der Waals surface area (Å²) in [4.78, 5) is 26.7. The highest BCUT2D eigenvalue weighted by atomic mass is 16.5. The molecule has 0 saturated heterocycles. The molecule has 1 N–H and O–H groups in total. The minimum Gasteiger partial charge on any atom is -0.490 e. The van der Waals surface area contributed by atoms with Crippen molar-refractivity contribution in [2.24, 2.45) is 0 Å². The predicted molar refractivity (Wildman–Crippen MR) is 111 cm³/mol. The minimum absolute atomic E-state index is 0.0869. The van der Waals surface area contributed by atoms with E-state index >= 15 is 0 Å². The Balaban J connectivity index is 1.55. The number of carbonyl (C=O) groups is 2. The van der Waals surface area contributed by atoms with Crippen molar-refractivity contribution in [2.75, 3.05) is 19.8 Å². The Morgan fingerprint density at radius 1 is 1.10 bits per heavy atom. The van der Waals surface area contributed by atoms with Crippen molar-refractivity contribution in [3.05, 3.63) is 59.2 Å². The molecule has 0 unspecified atom stereocenters. The van der Waals surface area contributed by atoms with Crippen molar-refractivity contribution in [3.8, 4) is 11.5 Å². The topological polar surface area (TPSA) is 67.9 Å². The van der Waals surface area contributed by atoms with Gasteiger partial charge in [0.1, 0.15) is 6.04 Å². The Labute approximate surface area is 171 Å². The molecule has 2 aromatic carbocycles. The van der Waals surface area contributed by atoms with Gasteiger partial charge < -0.3 is 19.7 Å². The van der Waals surface area contributed by atoms with E-state index in [0.29, 0.717) is 44.0 Å². The van der Waals surface area contributed by atoms with E-state index in [4.69, 9.17) is 9.47 Å². The van der Waals surface area contributed by atoms with Crippen LogP contribution in [0.1, 0.15) is 42.3 Å². The fourth-order valence-corrected chi connectivity index (χ4v) is 3.46. The molecule has 6 nitrogen and oxygen atoms in total. The number of hydrogen-bond acceptors (Lipinski definition) is 4. The first-order valence-electron chi connectivity index (χ1n) is 10.1. The summed E-state index contributed by atoms with van der Waals surface area (Å²) in [6.07, 6.45) is 0.666. The van der Waals surface area contributed by atoms with Crippen LogP contribution in [0.3, 0.4) is 0 Å². The molecule has 2 amide bonds. The van der Waals surface area contributed by atoms with Crippen molar-refractivity contribution in [2.45, 2.75) is 39.8 Å². The molecule has 0 spiro atoms. The number of hydrogen-bond donors (Lipinski definition) is 1. The molecule has 2 aromatic rings. The molecule has 1 heterocycles. The van der Waals surface area contributed by atoms with Gasteiger partial charge in [0.05, 0.1) is 13.2 Å². The Hall–Kier alpha value is -3.02. The lowest BCUT2D eigenvalue weighted by molar-refractivity contribution is -0.125. The second kappa shape index (κ2) is 9.45. The summed E-state index contributed by atoms with van der Waals surface area (Å²) in [5, 5.41) is 2.94. The van der Waals surface area contributed by atoms with Crippen LogP contribution in [0.2, 0.25) is 0 Å². The number of fused-ring (bicyclic) bond motifs is 1. The van der Waals surface area contributed by atoms with Crippen LogP contribution in [-0.4, -0.2) is 42.5 Å². The maximum absolute atomic E-state index is 12.6. The van der Waals surface area contributed by atoms with Crippen LogP contribution >= 0.6 is 0 Å². The lowest BCUT2D eigenvalue weighted by Crippen LogP contribution is -2.45. The van der Waals surface area contributed by atoms with E-state index in [1.54, 1.807) is 11.8 Å². The Morgan fingerprint density at radius 3 is 2.55 bits per heavy atom. The zero-order valence-electron chi connectivity index (χ0n) is 17.2. The summed E-state index contributed by atoms with van der Waals surface area (Å²) in [5.74, 6) is 1.20. The van der Waals surface area contributed by atoms with Gasteiger partial charge in [-0.1, -0.05) is 24.3 Å². The van der Waals surface area contributed by atoms with Crippen molar-refractivity contribution in [3.63, 3.8) is 0 Å². The molecule has 1 atom stereocenters. The van der Waals surface area contributed by atoms with E-state index in [-0.39, 0.29) is 11.8 Å². The summed E-state index contributed by atoms with van der Waals surface area (Å²) in [5.41, 5.74) is 2.70. The van der Waals surface area contributed by atoms with E-state index in [2.05, 4.69) is 5.32 Å². The van der Waals surface area contributed by atoms with Crippen LogP contribution < -0.4 is 14.8 Å². The number of amides is 2. The van der Waals surface area contributed by atoms with E-state index in [9.17, 15) is 9.59 Å². The van der Waals surface area contributed by atoms with E-state index in [0.717, 1.165) is 16.9 Å². The molecule has 1 aliphatic heterocycles. The highest BCUT2D eigenvalue weighted by molar-refractivity contribution is 6.01. The first-order valence-corrected chi connectivity index (χ1v) is 10.1. The number of carbonyl (C=O) groups excluding carboxylic acids is 2. The second-order valence-corrected chi connectivity index (χ2v) is 6.95. The van der Waals surface area contributed by atoms with Gasteiger partial charge in [-0.2, -0.15) is 0 Å². The standard InChI is InChI=1S/C23H28N2O4/c1-4-28-20-11-10-17(14-21(20)29-5-2)12-13-24-22(26)16(3)25-15-18-8-6-7-9-19(18)23(25)27/h6-11,14,16H,4-5,12-13,15H2,1-3H3,(H,24,26)/t16-/m0/s1. The third kappa shape index (κ3) is 4.70. The van der Waals surface area contributed by atoms with Crippen molar-refractivity contribution in [1.82, 2.24) is 10.2 Å². The average molecular weight is 396 g/mol. The van der Waals surface area contributed by atoms with Gasteiger partial charge in [-0.05, 0) is 56.5 Å². The Bertz CT molecular complexity index is 881. The summed E-state index contributed by atoms with van der Waals surface area (Å²) in [6, 6.07) is 12.8. The van der Waals surface area contributed by atoms with Gasteiger partial charge in [-0.3, -0.25) is 9.59 Å². The Morgan fingerprint density at radius 2 is 1.83 bits per heavy atom. The van der Waals surface area contributed by atoms with Gasteiger partial charge in [-0.25, -0.2) is 0 Å². The summed E-state index contributed by atoms with van der Waals surface area (Å²) in [7, 11) is 0. The van der Waals surface area contributed by atoms with E-state index in [1.165, 1.54) is 0 Å². The maximum atomic E-state index is 12.6. The maximum Gasteiger partial charge on any atom is 0.255 e. The van der Waals surface area contributed by atoms with Crippen molar-refractivity contribution in [1.29, 1.82) is 0 Å². The lowest BCUT2D eigenvalue weighted by Gasteiger charge is -2.23. The van der Waals surface area contributed by atoms with Crippen molar-refractivity contribution < 1.29 is 19.1 Å². The van der Waals surface area contributed by atoms with Crippen LogP contribution in [0.15, 0.2) is 42.5 Å². The summed E-state index contributed by atoms with van der Waals surface area (Å²) in [6.45, 7) is 7.73. The molecular formula is C23H28N2O4. The van der Waals surface area contributed by atoms with Gasteiger partial charge >= 0.3 is 0 Å². The van der Waals surface area contributed by atoms with Gasteiger partial charge in [0.2, 0.25) is 5.91 Å². The van der Waals surface area contributed by atoms with E-state index in [1.807, 2.05) is 56.3 Å². The van der Waals surface area contributed by atoms with Crippen LogP contribution in [-0.2, 0) is 17.8 Å². The largest absolute Gasteiger partial charge is 0.490 e. The number of nitrogens with zero attached hydrogens (tertiary/aromatic N) is 1. The molecule has 0 bridgehead atoms. The third-order valence-corrected chi connectivity index (χ3v) is 5.02. The fourth-order valence-electron chi connectivity index (χ4n) is 3.46. The van der Waals surface area contributed by atoms with Gasteiger partial charge in [0.25, 0.3) is 5.91 Å². The van der Waals surface area contributed by atoms with Crippen molar-refractivity contribution >= 4 is 11.8 Å². The molecule has 0 aliphatic carbocycles. The van der Waals surface area contributed by atoms with Crippen LogP contribution in [0.4, 0.5) is 0 Å². The molecule has 154 valence electrons. The summed E-state index contributed by atoms with van der Waals surface area (Å²) < 4.78 is 11.2. The normalized spacial score (nSPS) is 13.8. The molecular weight excluding hydrogens is 368 g/mol. The molecule has 0 radical (unpaired) electrons. The zero-order chi connectivity index (χ0) is 20.8. The fraction of sp³-hybridized carbons (Fsp3) is 0.391. The number of nitrogens with one attached hydrogen (secondary N) is 1. The third-order valence-electron chi connectivity index (χ3n) is 5.02. The van der Waals surface area contributed by atoms with Crippen LogP contribution in [0.25, 0.3) is 0 Å². The number of ether oxygens (including phenoxy) is 2. The SMILES string of the molecule is CCOc1ccc(CCNC(=O)[C@H](C)N2Cc3ccccc3C2=O)cc1OCC.